The van der Waals surface area contributed by atoms with Crippen LogP contribution in [0.4, 0.5) is 5.69 Å². The average molecular weight is 351 g/mol. The van der Waals surface area contributed by atoms with E-state index in [2.05, 4.69) is 46.9 Å². The highest BCUT2D eigenvalue weighted by molar-refractivity contribution is 6.31. The zero-order chi connectivity index (χ0) is 17.8. The number of nitrogens with one attached hydrogen (secondary N) is 1. The van der Waals surface area contributed by atoms with Gasteiger partial charge in [-0.2, -0.15) is 5.26 Å². The van der Waals surface area contributed by atoms with Crippen LogP contribution in [0.15, 0.2) is 42.5 Å². The van der Waals surface area contributed by atoms with Crippen molar-refractivity contribution in [3.8, 4) is 6.07 Å². The van der Waals surface area contributed by atoms with Crippen LogP contribution < -0.4 is 4.90 Å². The number of anilines is 1. The first kappa shape index (κ1) is 17.1. The molecule has 0 aliphatic heterocycles. The number of halogens is 1. The summed E-state index contributed by atoms with van der Waals surface area (Å²) in [6.07, 6.45) is 1.84. The predicted molar refractivity (Wildman–Crippen MR) is 105 cm³/mol. The third-order valence-electron chi connectivity index (χ3n) is 4.15. The molecule has 0 aliphatic rings. The van der Waals surface area contributed by atoms with Gasteiger partial charge in [-0.3, -0.25) is 0 Å². The van der Waals surface area contributed by atoms with Crippen molar-refractivity contribution >= 4 is 40.0 Å². The number of benzene rings is 2. The monoisotopic (exact) mass is 350 g/mol. The summed E-state index contributed by atoms with van der Waals surface area (Å²) in [5.74, 6) is 0.549. The van der Waals surface area contributed by atoms with Crippen LogP contribution >= 0.6 is 11.6 Å². The van der Waals surface area contributed by atoms with E-state index in [0.29, 0.717) is 16.4 Å². The minimum atomic E-state index is 0.489. The van der Waals surface area contributed by atoms with Gasteiger partial charge in [-0.1, -0.05) is 23.7 Å². The van der Waals surface area contributed by atoms with Crippen molar-refractivity contribution in [1.29, 1.82) is 5.26 Å². The number of allylic oxidation sites excluding steroid dienone is 1. The van der Waals surface area contributed by atoms with Crippen molar-refractivity contribution in [3.05, 3.63) is 58.9 Å². The van der Waals surface area contributed by atoms with Gasteiger partial charge in [0.1, 0.15) is 11.9 Å². The third-order valence-corrected chi connectivity index (χ3v) is 4.39. The summed E-state index contributed by atoms with van der Waals surface area (Å²) in [7, 11) is 0. The quantitative estimate of drug-likeness (QED) is 0.649. The van der Waals surface area contributed by atoms with Gasteiger partial charge in [0.15, 0.2) is 0 Å². The number of nitriles is 1. The number of hydrogen-bond donors (Lipinski definition) is 1. The highest BCUT2D eigenvalue weighted by Gasteiger charge is 2.09. The van der Waals surface area contributed by atoms with Gasteiger partial charge in [0, 0.05) is 23.8 Å². The molecule has 3 aromatic rings. The van der Waals surface area contributed by atoms with Gasteiger partial charge >= 0.3 is 0 Å². The number of nitrogens with zero attached hydrogens (tertiary/aromatic N) is 3. The Labute approximate surface area is 152 Å². The van der Waals surface area contributed by atoms with Crippen molar-refractivity contribution in [3.63, 3.8) is 0 Å². The molecule has 0 bridgehead atoms. The van der Waals surface area contributed by atoms with Crippen LogP contribution in [0.5, 0.6) is 0 Å². The molecule has 0 aliphatic carbocycles. The maximum Gasteiger partial charge on any atom is 0.149 e. The first-order valence-electron chi connectivity index (χ1n) is 8.27. The zero-order valence-corrected chi connectivity index (χ0v) is 15.0. The van der Waals surface area contributed by atoms with E-state index in [9.17, 15) is 5.26 Å². The lowest BCUT2D eigenvalue weighted by molar-refractivity contribution is 0.866. The van der Waals surface area contributed by atoms with Crippen molar-refractivity contribution in [2.75, 3.05) is 18.0 Å². The molecule has 0 spiro atoms. The molecule has 3 rings (SSSR count). The van der Waals surface area contributed by atoms with Gasteiger partial charge in [-0.25, -0.2) is 4.98 Å². The van der Waals surface area contributed by atoms with E-state index in [-0.39, 0.29) is 0 Å². The third kappa shape index (κ3) is 3.67. The molecule has 2 aromatic carbocycles. The Kier molecular flexibility index (Phi) is 5.06. The molecular weight excluding hydrogens is 332 g/mol. The molecule has 4 nitrogen and oxygen atoms in total. The van der Waals surface area contributed by atoms with Crippen LogP contribution in [0.1, 0.15) is 25.2 Å². The lowest BCUT2D eigenvalue weighted by Crippen LogP contribution is -2.21. The van der Waals surface area contributed by atoms with Crippen molar-refractivity contribution in [2.45, 2.75) is 13.8 Å². The maximum absolute atomic E-state index is 9.53. The normalized spacial score (nSPS) is 11.5. The first-order chi connectivity index (χ1) is 12.1. The second kappa shape index (κ2) is 7.42. The molecule has 0 radical (unpaired) electrons. The van der Waals surface area contributed by atoms with E-state index in [1.165, 1.54) is 5.69 Å². The van der Waals surface area contributed by atoms with Gasteiger partial charge in [0.05, 0.1) is 16.6 Å². The molecule has 1 aromatic heterocycles. The Hall–Kier alpha value is -2.77. The lowest BCUT2D eigenvalue weighted by atomic mass is 10.1. The molecule has 0 saturated carbocycles. The standard InChI is InChI=1S/C20H19ClN4/c1-3-25(4-2)17-8-5-14(6-9-17)11-15(13-22)20-23-18-10-7-16(21)12-19(18)24-20/h5-12H,3-4H2,1-2H3,(H,23,24)/b15-11+. The van der Waals surface area contributed by atoms with Gasteiger partial charge in [0.25, 0.3) is 0 Å². The van der Waals surface area contributed by atoms with Crippen LogP contribution in [0.3, 0.4) is 0 Å². The number of aromatic nitrogens is 2. The number of H-pyrrole nitrogens is 1. The van der Waals surface area contributed by atoms with Gasteiger partial charge in [-0.05, 0) is 55.8 Å². The maximum atomic E-state index is 9.53. The van der Waals surface area contributed by atoms with Crippen molar-refractivity contribution in [1.82, 2.24) is 9.97 Å². The molecule has 0 unspecified atom stereocenters. The molecule has 0 fully saturated rings. The van der Waals surface area contributed by atoms with E-state index >= 15 is 0 Å². The fourth-order valence-corrected chi connectivity index (χ4v) is 2.97. The first-order valence-corrected chi connectivity index (χ1v) is 8.64. The fourth-order valence-electron chi connectivity index (χ4n) is 2.80. The Morgan fingerprint density at radius 2 is 1.92 bits per heavy atom. The summed E-state index contributed by atoms with van der Waals surface area (Å²) in [6, 6.07) is 15.8. The van der Waals surface area contributed by atoms with E-state index < -0.39 is 0 Å². The molecule has 0 atom stereocenters. The number of fused-ring (bicyclic) bond motifs is 1. The minimum absolute atomic E-state index is 0.489. The SMILES string of the molecule is CCN(CC)c1ccc(/C=C(\C#N)c2nc3ccc(Cl)cc3[nH]2)cc1. The van der Waals surface area contributed by atoms with Crippen LogP contribution in [0.25, 0.3) is 22.7 Å². The zero-order valence-electron chi connectivity index (χ0n) is 14.3. The van der Waals surface area contributed by atoms with Crippen molar-refractivity contribution in [2.24, 2.45) is 0 Å². The summed E-state index contributed by atoms with van der Waals surface area (Å²) in [6.45, 7) is 6.21. The molecule has 5 heteroatoms. The summed E-state index contributed by atoms with van der Waals surface area (Å²) in [4.78, 5) is 9.92. The summed E-state index contributed by atoms with van der Waals surface area (Å²) in [5, 5.41) is 10.2. The molecule has 126 valence electrons. The van der Waals surface area contributed by atoms with Crippen LogP contribution in [0, 0.1) is 11.3 Å². The van der Waals surface area contributed by atoms with Crippen LogP contribution in [-0.4, -0.2) is 23.1 Å². The summed E-state index contributed by atoms with van der Waals surface area (Å²) >= 11 is 6.00. The number of rotatable bonds is 5. The second-order valence-corrected chi connectivity index (χ2v) is 6.12. The van der Waals surface area contributed by atoms with Crippen LogP contribution in [-0.2, 0) is 0 Å². The molecule has 1 N–H and O–H groups in total. The van der Waals surface area contributed by atoms with Gasteiger partial charge in [0.2, 0.25) is 0 Å². The van der Waals surface area contributed by atoms with Gasteiger partial charge < -0.3 is 9.88 Å². The van der Waals surface area contributed by atoms with Crippen LogP contribution in [0.2, 0.25) is 5.02 Å². The number of imidazole rings is 1. The van der Waals surface area contributed by atoms with E-state index in [1.807, 2.05) is 24.3 Å². The smallest absolute Gasteiger partial charge is 0.149 e. The fraction of sp³-hybridized carbons (Fsp3) is 0.200. The largest absolute Gasteiger partial charge is 0.372 e. The van der Waals surface area contributed by atoms with E-state index in [1.54, 1.807) is 12.1 Å². The Bertz CT molecular complexity index is 944. The Morgan fingerprint density at radius 1 is 1.20 bits per heavy atom. The topological polar surface area (TPSA) is 55.7 Å². The molecule has 0 amide bonds. The van der Waals surface area contributed by atoms with Gasteiger partial charge in [-0.15, -0.1) is 0 Å². The Balaban J connectivity index is 1.92. The Morgan fingerprint density at radius 3 is 2.56 bits per heavy atom. The highest BCUT2D eigenvalue weighted by atomic mass is 35.5. The lowest BCUT2D eigenvalue weighted by Gasteiger charge is -2.20. The second-order valence-electron chi connectivity index (χ2n) is 5.68. The molecule has 1 heterocycles. The molecule has 0 saturated heterocycles. The summed E-state index contributed by atoms with van der Waals surface area (Å²) < 4.78 is 0. The predicted octanol–water partition coefficient (Wildman–Crippen LogP) is 5.13. The minimum Gasteiger partial charge on any atom is -0.372 e. The molecular formula is C20H19ClN4. The van der Waals surface area contributed by atoms with E-state index in [0.717, 1.165) is 29.7 Å². The highest BCUT2D eigenvalue weighted by Crippen LogP contribution is 2.23. The number of aromatic amines is 1. The molecule has 25 heavy (non-hydrogen) atoms. The van der Waals surface area contributed by atoms with Crippen molar-refractivity contribution < 1.29 is 0 Å². The van der Waals surface area contributed by atoms with E-state index in [4.69, 9.17) is 11.6 Å². The number of hydrogen-bond acceptors (Lipinski definition) is 3. The average Bonchev–Trinajstić information content (AvgIpc) is 3.04. The summed E-state index contributed by atoms with van der Waals surface area (Å²) in [5.41, 5.74) is 4.24.